The number of amides is 2. The summed E-state index contributed by atoms with van der Waals surface area (Å²) in [4.78, 5) is 29.1. The molecule has 0 spiro atoms. The summed E-state index contributed by atoms with van der Waals surface area (Å²) in [6, 6.07) is 10.4. The zero-order chi connectivity index (χ0) is 21.7. The second-order valence-electron chi connectivity index (χ2n) is 6.36. The highest BCUT2D eigenvalue weighted by Crippen LogP contribution is 2.30. The smallest absolute Gasteiger partial charge is 0.407 e. The lowest BCUT2D eigenvalue weighted by Crippen LogP contribution is -2.29. The second kappa shape index (κ2) is 9.31. The van der Waals surface area contributed by atoms with Gasteiger partial charge in [-0.25, -0.2) is 9.78 Å². The van der Waals surface area contributed by atoms with E-state index in [-0.39, 0.29) is 5.91 Å². The number of hydrogen-bond donors (Lipinski definition) is 3. The van der Waals surface area contributed by atoms with Gasteiger partial charge in [0.15, 0.2) is 16.6 Å². The van der Waals surface area contributed by atoms with Crippen molar-refractivity contribution >= 4 is 44.4 Å². The summed E-state index contributed by atoms with van der Waals surface area (Å²) in [5, 5.41) is 15.5. The first-order valence-electron chi connectivity index (χ1n) is 9.03. The van der Waals surface area contributed by atoms with Crippen LogP contribution in [-0.2, 0) is 0 Å². The van der Waals surface area contributed by atoms with E-state index in [2.05, 4.69) is 15.6 Å². The van der Waals surface area contributed by atoms with Crippen LogP contribution in [0.5, 0.6) is 11.5 Å². The second-order valence-corrected chi connectivity index (χ2v) is 7.39. The Balaban J connectivity index is 1.69. The van der Waals surface area contributed by atoms with Crippen LogP contribution in [-0.4, -0.2) is 61.3 Å². The van der Waals surface area contributed by atoms with E-state index in [0.717, 1.165) is 10.2 Å². The van der Waals surface area contributed by atoms with Gasteiger partial charge in [0.1, 0.15) is 0 Å². The van der Waals surface area contributed by atoms with Gasteiger partial charge in [0, 0.05) is 37.5 Å². The normalized spacial score (nSPS) is 10.5. The van der Waals surface area contributed by atoms with Gasteiger partial charge in [-0.1, -0.05) is 11.3 Å². The summed E-state index contributed by atoms with van der Waals surface area (Å²) in [5.41, 5.74) is 1.85. The van der Waals surface area contributed by atoms with E-state index in [1.165, 1.54) is 30.4 Å². The molecule has 0 atom stereocenters. The number of likely N-dealkylation sites (N-methyl/N-ethyl adjacent to an activating group) is 1. The molecule has 0 fully saturated rings. The van der Waals surface area contributed by atoms with E-state index in [1.807, 2.05) is 0 Å². The van der Waals surface area contributed by atoms with Gasteiger partial charge < -0.3 is 30.1 Å². The molecule has 0 aliphatic rings. The average molecular weight is 430 g/mol. The van der Waals surface area contributed by atoms with E-state index in [0.29, 0.717) is 41.0 Å². The Hall–Kier alpha value is -3.53. The molecule has 10 heteroatoms. The number of rotatable bonds is 8. The van der Waals surface area contributed by atoms with Crippen LogP contribution in [0.15, 0.2) is 36.4 Å². The summed E-state index contributed by atoms with van der Waals surface area (Å²) in [6.45, 7) is 0.777. The quantitative estimate of drug-likeness (QED) is 0.500. The fourth-order valence-electron chi connectivity index (χ4n) is 2.68. The molecule has 0 unspecified atom stereocenters. The first-order valence-corrected chi connectivity index (χ1v) is 9.85. The highest BCUT2D eigenvalue weighted by atomic mass is 32.1. The first-order chi connectivity index (χ1) is 14.4. The lowest BCUT2D eigenvalue weighted by molar-refractivity contribution is 0.102. The largest absolute Gasteiger partial charge is 0.493 e. The summed E-state index contributed by atoms with van der Waals surface area (Å²) < 4.78 is 11.3. The molecule has 0 radical (unpaired) electrons. The minimum atomic E-state index is -0.980. The maximum Gasteiger partial charge on any atom is 0.407 e. The number of benzene rings is 2. The molecule has 0 aliphatic carbocycles. The van der Waals surface area contributed by atoms with Gasteiger partial charge in [-0.15, -0.1) is 0 Å². The molecule has 0 saturated carbocycles. The van der Waals surface area contributed by atoms with Crippen molar-refractivity contribution in [3.8, 4) is 11.5 Å². The number of aromatic nitrogens is 1. The lowest BCUT2D eigenvalue weighted by Gasteiger charge is -2.12. The van der Waals surface area contributed by atoms with Gasteiger partial charge in [0.05, 0.1) is 24.4 Å². The zero-order valence-corrected chi connectivity index (χ0v) is 17.6. The molecule has 0 saturated heterocycles. The maximum atomic E-state index is 12.7. The SMILES string of the molecule is COc1ccc(NC(=O)c2ccc3nc(NCCN(C)C(=O)O)sc3c2)cc1OC. The number of anilines is 2. The molecule has 1 heterocycles. The fourth-order valence-corrected chi connectivity index (χ4v) is 3.62. The molecule has 30 heavy (non-hydrogen) atoms. The van der Waals surface area contributed by atoms with E-state index in [1.54, 1.807) is 43.5 Å². The molecular formula is C20H22N4O5S. The van der Waals surface area contributed by atoms with E-state index in [4.69, 9.17) is 14.6 Å². The Morgan fingerprint density at radius 1 is 1.13 bits per heavy atom. The minimum absolute atomic E-state index is 0.255. The van der Waals surface area contributed by atoms with Crippen molar-refractivity contribution in [3.63, 3.8) is 0 Å². The third-order valence-electron chi connectivity index (χ3n) is 4.34. The van der Waals surface area contributed by atoms with Crippen LogP contribution in [0.25, 0.3) is 10.2 Å². The van der Waals surface area contributed by atoms with Gasteiger partial charge in [-0.3, -0.25) is 4.79 Å². The lowest BCUT2D eigenvalue weighted by atomic mass is 10.2. The minimum Gasteiger partial charge on any atom is -0.493 e. The summed E-state index contributed by atoms with van der Waals surface area (Å²) >= 11 is 1.40. The predicted octanol–water partition coefficient (Wildman–Crippen LogP) is 3.59. The predicted molar refractivity (Wildman–Crippen MR) is 116 cm³/mol. The van der Waals surface area contributed by atoms with Crippen LogP contribution in [0.1, 0.15) is 10.4 Å². The van der Waals surface area contributed by atoms with Crippen LogP contribution in [0.4, 0.5) is 15.6 Å². The van der Waals surface area contributed by atoms with Gasteiger partial charge in [0.2, 0.25) is 0 Å². The third-order valence-corrected chi connectivity index (χ3v) is 5.32. The summed E-state index contributed by atoms with van der Waals surface area (Å²) in [5.74, 6) is 0.851. The molecule has 0 bridgehead atoms. The molecule has 2 amide bonds. The van der Waals surface area contributed by atoms with Gasteiger partial charge in [0.25, 0.3) is 5.91 Å². The van der Waals surface area contributed by atoms with Crippen molar-refractivity contribution < 1.29 is 24.2 Å². The van der Waals surface area contributed by atoms with Crippen molar-refractivity contribution in [1.29, 1.82) is 0 Å². The number of nitrogens with zero attached hydrogens (tertiary/aromatic N) is 2. The number of ether oxygens (including phenoxy) is 2. The average Bonchev–Trinajstić information content (AvgIpc) is 3.15. The van der Waals surface area contributed by atoms with Gasteiger partial charge in [-0.05, 0) is 30.3 Å². The fraction of sp³-hybridized carbons (Fsp3) is 0.250. The Morgan fingerprint density at radius 2 is 1.90 bits per heavy atom. The van der Waals surface area contributed by atoms with E-state index >= 15 is 0 Å². The Labute approximate surface area is 177 Å². The molecular weight excluding hydrogens is 408 g/mol. The van der Waals surface area contributed by atoms with Crippen LogP contribution in [0.3, 0.4) is 0 Å². The van der Waals surface area contributed by atoms with Crippen molar-refractivity contribution in [2.75, 3.05) is 45.0 Å². The van der Waals surface area contributed by atoms with Crippen molar-refractivity contribution in [1.82, 2.24) is 9.88 Å². The van der Waals surface area contributed by atoms with Crippen molar-refractivity contribution in [3.05, 3.63) is 42.0 Å². The van der Waals surface area contributed by atoms with Crippen LogP contribution in [0.2, 0.25) is 0 Å². The number of carbonyl (C=O) groups is 2. The molecule has 3 rings (SSSR count). The Kier molecular flexibility index (Phi) is 6.58. The molecule has 2 aromatic carbocycles. The van der Waals surface area contributed by atoms with Crippen molar-refractivity contribution in [2.24, 2.45) is 0 Å². The Morgan fingerprint density at radius 3 is 2.60 bits per heavy atom. The topological polar surface area (TPSA) is 113 Å². The number of hydrogen-bond acceptors (Lipinski definition) is 7. The van der Waals surface area contributed by atoms with Crippen LogP contribution >= 0.6 is 11.3 Å². The standard InChI is InChI=1S/C20H22N4O5S/c1-24(20(26)27)9-8-21-19-23-14-6-4-12(10-17(14)30-19)18(25)22-13-5-7-15(28-2)16(11-13)29-3/h4-7,10-11H,8-9H2,1-3H3,(H,21,23)(H,22,25)(H,26,27). The molecule has 3 N–H and O–H groups in total. The monoisotopic (exact) mass is 430 g/mol. The Bertz CT molecular complexity index is 1070. The van der Waals surface area contributed by atoms with Crippen molar-refractivity contribution in [2.45, 2.75) is 0 Å². The number of methoxy groups -OCH3 is 2. The highest BCUT2D eigenvalue weighted by molar-refractivity contribution is 7.22. The highest BCUT2D eigenvalue weighted by Gasteiger charge is 2.12. The van der Waals surface area contributed by atoms with Crippen LogP contribution < -0.4 is 20.1 Å². The van der Waals surface area contributed by atoms with Gasteiger partial charge in [-0.2, -0.15) is 0 Å². The van der Waals surface area contributed by atoms with E-state index in [9.17, 15) is 9.59 Å². The molecule has 158 valence electrons. The molecule has 9 nitrogen and oxygen atoms in total. The number of fused-ring (bicyclic) bond motifs is 1. The number of carboxylic acid groups (broad SMARTS) is 1. The molecule has 0 aliphatic heterocycles. The summed E-state index contributed by atoms with van der Waals surface area (Å²) in [7, 11) is 4.59. The number of thiazole rings is 1. The first kappa shape index (κ1) is 21.2. The number of carbonyl (C=O) groups excluding carboxylic acids is 1. The zero-order valence-electron chi connectivity index (χ0n) is 16.8. The van der Waals surface area contributed by atoms with Crippen LogP contribution in [0, 0.1) is 0 Å². The number of nitrogens with one attached hydrogen (secondary N) is 2. The van der Waals surface area contributed by atoms with Gasteiger partial charge >= 0.3 is 6.09 Å². The van der Waals surface area contributed by atoms with E-state index < -0.39 is 6.09 Å². The molecule has 1 aromatic heterocycles. The maximum absolute atomic E-state index is 12.7. The summed E-state index contributed by atoms with van der Waals surface area (Å²) in [6.07, 6.45) is -0.980. The third kappa shape index (κ3) is 4.90. The molecule has 3 aromatic rings.